The maximum absolute atomic E-state index is 2.73. The molecule has 0 amide bonds. The van der Waals surface area contributed by atoms with Gasteiger partial charge in [0.05, 0.1) is 0 Å². The van der Waals surface area contributed by atoms with Gasteiger partial charge in [0, 0.05) is 0 Å². The Balaban J connectivity index is 1.75. The lowest BCUT2D eigenvalue weighted by molar-refractivity contribution is 0.813. The van der Waals surface area contributed by atoms with Crippen molar-refractivity contribution < 1.29 is 0 Å². The fourth-order valence-electron chi connectivity index (χ4n) is 14.1. The van der Waals surface area contributed by atoms with E-state index >= 15 is 0 Å². The molecular weight excluding hydrogens is 953 g/mol. The lowest BCUT2D eigenvalue weighted by Gasteiger charge is -2.38. The van der Waals surface area contributed by atoms with Crippen molar-refractivity contribution in [3.05, 3.63) is 191 Å². The molecule has 0 N–H and O–H groups in total. The van der Waals surface area contributed by atoms with Crippen LogP contribution in [0.15, 0.2) is 84.9 Å². The molecule has 0 unspecified atom stereocenters. The molecule has 3 heteroatoms. The summed E-state index contributed by atoms with van der Waals surface area (Å²) in [5.74, 6) is 2.20. The molecule has 78 heavy (non-hydrogen) atoms. The molecule has 410 valence electrons. The van der Waals surface area contributed by atoms with Crippen molar-refractivity contribution >= 4 is 70.0 Å². The van der Waals surface area contributed by atoms with Crippen LogP contribution < -0.4 is 48.7 Å². The maximum atomic E-state index is 2.73. The van der Waals surface area contributed by atoms with Gasteiger partial charge >= 0.3 is 0 Å². The van der Waals surface area contributed by atoms with Gasteiger partial charge in [0.2, 0.25) is 13.4 Å². The van der Waals surface area contributed by atoms with Crippen molar-refractivity contribution in [3.63, 3.8) is 0 Å². The summed E-state index contributed by atoms with van der Waals surface area (Å²) in [5.41, 5.74) is 35.6. The summed E-state index contributed by atoms with van der Waals surface area (Å²) in [6.45, 7) is 62.7. The molecule has 0 radical (unpaired) electrons. The zero-order valence-electron chi connectivity index (χ0n) is 53.7. The van der Waals surface area contributed by atoms with Crippen molar-refractivity contribution in [2.24, 2.45) is 0 Å². The molecule has 0 aliphatic rings. The van der Waals surface area contributed by atoms with E-state index in [1.54, 1.807) is 15.9 Å². The van der Waals surface area contributed by atoms with Crippen LogP contribution >= 0.6 is 7.92 Å². The van der Waals surface area contributed by atoms with Gasteiger partial charge in [0.1, 0.15) is 0 Å². The topological polar surface area (TPSA) is 0 Å². The molecular formula is C75H99B2P. The zero-order chi connectivity index (χ0) is 57.8. The van der Waals surface area contributed by atoms with E-state index in [0.29, 0.717) is 17.8 Å². The Kier molecular flexibility index (Phi) is 18.7. The molecule has 0 saturated carbocycles. The maximum Gasteiger partial charge on any atom is 0.242 e. The molecule has 0 fully saturated rings. The van der Waals surface area contributed by atoms with Crippen LogP contribution in [0.1, 0.15) is 244 Å². The van der Waals surface area contributed by atoms with Gasteiger partial charge in [-0.2, -0.15) is 0 Å². The fourth-order valence-corrected chi connectivity index (χ4v) is 18.2. The number of benzene rings is 7. The monoisotopic (exact) mass is 1050 g/mol. The summed E-state index contributed by atoms with van der Waals surface area (Å²) < 4.78 is 0. The molecule has 0 nitrogen and oxygen atoms in total. The zero-order valence-corrected chi connectivity index (χ0v) is 54.6. The first kappa shape index (κ1) is 60.7. The summed E-state index contributed by atoms with van der Waals surface area (Å²) in [4.78, 5) is 0. The van der Waals surface area contributed by atoms with Gasteiger partial charge in [-0.15, -0.1) is 0 Å². The molecule has 7 aromatic carbocycles. The van der Waals surface area contributed by atoms with Crippen LogP contribution in [0.5, 0.6) is 0 Å². The Labute approximate surface area is 479 Å². The smallest absolute Gasteiger partial charge is 0.0680 e. The minimum atomic E-state index is -1.14. The van der Waals surface area contributed by atoms with Gasteiger partial charge in [0.25, 0.3) is 0 Å². The standard InChI is InChI=1S/C75H99B2P/c1-41(2)60-35-63(42(3)4)73(64(36-60)43(5)6)78(74-65(44(7)8)37-61(38-66(74)45(9)10)76(69-52(19)27-48(15)28-53(69)20)70-54(21)29-49(16)30-55(70)22)75-67(46(11)12)39-62(40-68(75)47(13)14)77(71-56(23)31-50(17)32-57(71)24)72-58(25)33-51(18)34-59(72)26/h27-47H,1-26H3. The van der Waals surface area contributed by atoms with Crippen molar-refractivity contribution in [3.8, 4) is 0 Å². The van der Waals surface area contributed by atoms with Gasteiger partial charge in [-0.05, 0) is 187 Å². The summed E-state index contributed by atoms with van der Waals surface area (Å²) in [5, 5.41) is 4.79. The summed E-state index contributed by atoms with van der Waals surface area (Å²) in [7, 11) is -1.14. The van der Waals surface area contributed by atoms with Crippen molar-refractivity contribution in [2.75, 3.05) is 0 Å². The quantitative estimate of drug-likeness (QED) is 0.0668. The molecule has 0 aromatic heterocycles. The third kappa shape index (κ3) is 11.9. The SMILES string of the molecule is Cc1cc(C)c(B(c2cc(C(C)C)c(P(c3c(C(C)C)cc(B(c4c(C)cc(C)cc4C)c4c(C)cc(C)cc4C)cc3C(C)C)c3c(C(C)C)cc(C(C)C)cc3C(C)C)c(C(C)C)c2)c2c(C)cc(C)cc2C)c(C)c1. The first-order valence-electron chi connectivity index (χ1n) is 30.1. The minimum absolute atomic E-state index is 0.0836. The predicted octanol–water partition coefficient (Wildman–Crippen LogP) is 16.0. The highest BCUT2D eigenvalue weighted by Gasteiger charge is 2.39. The Morgan fingerprint density at radius 3 is 0.590 bits per heavy atom. The van der Waals surface area contributed by atoms with Crippen LogP contribution in [0.2, 0.25) is 0 Å². The van der Waals surface area contributed by atoms with Gasteiger partial charge in [-0.1, -0.05) is 281 Å². The van der Waals surface area contributed by atoms with Gasteiger partial charge in [-0.25, -0.2) is 0 Å². The van der Waals surface area contributed by atoms with E-state index in [1.807, 2.05) is 0 Å². The van der Waals surface area contributed by atoms with Gasteiger partial charge in [0.15, 0.2) is 0 Å². The van der Waals surface area contributed by atoms with E-state index in [4.69, 9.17) is 0 Å². The van der Waals surface area contributed by atoms with Crippen LogP contribution in [-0.2, 0) is 0 Å². The highest BCUT2D eigenvalue weighted by Crippen LogP contribution is 2.47. The Hall–Kier alpha value is -4.90. The van der Waals surface area contributed by atoms with E-state index in [1.165, 1.54) is 138 Å². The highest BCUT2D eigenvalue weighted by molar-refractivity contribution is 7.80. The van der Waals surface area contributed by atoms with Crippen LogP contribution in [-0.4, -0.2) is 13.4 Å². The lowest BCUT2D eigenvalue weighted by atomic mass is 9.34. The largest absolute Gasteiger partial charge is 0.242 e. The second kappa shape index (κ2) is 24.1. The third-order valence-corrected chi connectivity index (χ3v) is 20.3. The normalized spacial score (nSPS) is 12.1. The first-order chi connectivity index (χ1) is 36.4. The molecule has 7 rings (SSSR count). The highest BCUT2D eigenvalue weighted by atomic mass is 31.1. The van der Waals surface area contributed by atoms with Gasteiger partial charge < -0.3 is 0 Å². The molecule has 0 aliphatic heterocycles. The minimum Gasteiger partial charge on any atom is -0.0680 e. The number of hydrogen-bond acceptors (Lipinski definition) is 0. The molecule has 7 aromatic rings. The van der Waals surface area contributed by atoms with E-state index in [9.17, 15) is 0 Å². The Bertz CT molecular complexity index is 2890. The van der Waals surface area contributed by atoms with Gasteiger partial charge in [-0.3, -0.25) is 0 Å². The number of rotatable bonds is 16. The Morgan fingerprint density at radius 2 is 0.423 bits per heavy atom. The van der Waals surface area contributed by atoms with Crippen molar-refractivity contribution in [1.29, 1.82) is 0 Å². The molecule has 0 saturated heterocycles. The van der Waals surface area contributed by atoms with E-state index in [0.717, 1.165) is 0 Å². The summed E-state index contributed by atoms with van der Waals surface area (Å²) in [6, 6.07) is 35.6. The second-order valence-corrected chi connectivity index (χ2v) is 28.7. The second-order valence-electron chi connectivity index (χ2n) is 26.7. The van der Waals surface area contributed by atoms with Crippen LogP contribution in [0.3, 0.4) is 0 Å². The lowest BCUT2D eigenvalue weighted by Crippen LogP contribution is -2.56. The van der Waals surface area contributed by atoms with E-state index in [-0.39, 0.29) is 37.1 Å². The fraction of sp³-hybridized carbons (Fsp3) is 0.440. The third-order valence-electron chi connectivity index (χ3n) is 17.4. The van der Waals surface area contributed by atoms with Crippen LogP contribution in [0.25, 0.3) is 0 Å². The predicted molar refractivity (Wildman–Crippen MR) is 356 cm³/mol. The molecule has 0 heterocycles. The number of hydrogen-bond donors (Lipinski definition) is 0. The average Bonchev–Trinajstić information content (AvgIpc) is 3.31. The average molecular weight is 1050 g/mol. The summed E-state index contributed by atoms with van der Waals surface area (Å²) in [6.07, 6.45) is 0. The molecule has 0 spiro atoms. The van der Waals surface area contributed by atoms with Crippen molar-refractivity contribution in [2.45, 2.75) is 221 Å². The molecule has 0 aliphatic carbocycles. The molecule has 0 atom stereocenters. The van der Waals surface area contributed by atoms with Crippen LogP contribution in [0.4, 0.5) is 0 Å². The van der Waals surface area contributed by atoms with E-state index in [2.05, 4.69) is 265 Å². The summed E-state index contributed by atoms with van der Waals surface area (Å²) >= 11 is 0. The van der Waals surface area contributed by atoms with Crippen molar-refractivity contribution in [1.82, 2.24) is 0 Å². The Morgan fingerprint density at radius 1 is 0.244 bits per heavy atom. The van der Waals surface area contributed by atoms with E-state index < -0.39 is 7.92 Å². The number of aryl methyl sites for hydroxylation is 12. The first-order valence-corrected chi connectivity index (χ1v) is 31.4. The van der Waals surface area contributed by atoms with Crippen LogP contribution in [0, 0.1) is 83.1 Å². The molecule has 0 bridgehead atoms.